The second-order valence-electron chi connectivity index (χ2n) is 5.32. The van der Waals surface area contributed by atoms with Crippen LogP contribution in [-0.4, -0.2) is 6.54 Å². The number of likely N-dealkylation sites (N-methyl/N-ethyl adjacent to an activating group) is 1. The van der Waals surface area contributed by atoms with Gasteiger partial charge >= 0.3 is 0 Å². The zero-order chi connectivity index (χ0) is 15.4. The van der Waals surface area contributed by atoms with E-state index >= 15 is 0 Å². The lowest BCUT2D eigenvalue weighted by atomic mass is 9.92. The Morgan fingerprint density at radius 3 is 2.00 bits per heavy atom. The van der Waals surface area contributed by atoms with Crippen LogP contribution in [0.5, 0.6) is 0 Å². The molecule has 1 nitrogen and oxygen atoms in total. The number of nitrogens with one attached hydrogen (secondary N) is 1. The van der Waals surface area contributed by atoms with Crippen molar-refractivity contribution >= 4 is 0 Å². The molecule has 112 valence electrons. The van der Waals surface area contributed by atoms with Gasteiger partial charge in [0.25, 0.3) is 0 Å². The van der Waals surface area contributed by atoms with Crippen molar-refractivity contribution < 1.29 is 8.78 Å². The third kappa shape index (κ3) is 3.48. The largest absolute Gasteiger partial charge is 0.310 e. The zero-order valence-electron chi connectivity index (χ0n) is 12.7. The molecular weight excluding hydrogens is 268 g/mol. The standard InChI is InChI=1S/C18H21F2N/c1-4-21-17(18-15(19)9-6-10-16(18)20)11-14-12(2)7-5-8-13(14)3/h5-10,17,21H,4,11H2,1-3H3. The van der Waals surface area contributed by atoms with Crippen LogP contribution in [-0.2, 0) is 6.42 Å². The van der Waals surface area contributed by atoms with Crippen LogP contribution in [0.25, 0.3) is 0 Å². The number of halogens is 2. The lowest BCUT2D eigenvalue weighted by Crippen LogP contribution is -2.25. The lowest BCUT2D eigenvalue weighted by Gasteiger charge is -2.22. The van der Waals surface area contributed by atoms with Gasteiger partial charge in [-0.15, -0.1) is 0 Å². The third-order valence-corrected chi connectivity index (χ3v) is 3.85. The Morgan fingerprint density at radius 2 is 1.48 bits per heavy atom. The zero-order valence-corrected chi connectivity index (χ0v) is 12.7. The molecule has 0 saturated carbocycles. The Kier molecular flexibility index (Phi) is 5.07. The minimum absolute atomic E-state index is 0.127. The van der Waals surface area contributed by atoms with E-state index in [2.05, 4.69) is 5.32 Å². The molecule has 21 heavy (non-hydrogen) atoms. The second kappa shape index (κ2) is 6.81. The highest BCUT2D eigenvalue weighted by molar-refractivity contribution is 5.36. The van der Waals surface area contributed by atoms with E-state index in [4.69, 9.17) is 0 Å². The van der Waals surface area contributed by atoms with Gasteiger partial charge in [0.1, 0.15) is 11.6 Å². The summed E-state index contributed by atoms with van der Waals surface area (Å²) >= 11 is 0. The lowest BCUT2D eigenvalue weighted by molar-refractivity contribution is 0.472. The molecule has 2 aromatic rings. The maximum absolute atomic E-state index is 14.0. The molecule has 1 atom stereocenters. The first-order chi connectivity index (χ1) is 10.0. The van der Waals surface area contributed by atoms with Crippen molar-refractivity contribution in [2.45, 2.75) is 33.2 Å². The number of benzene rings is 2. The van der Waals surface area contributed by atoms with Crippen LogP contribution in [0.3, 0.4) is 0 Å². The van der Waals surface area contributed by atoms with E-state index in [-0.39, 0.29) is 11.6 Å². The van der Waals surface area contributed by atoms with Crippen molar-refractivity contribution in [3.05, 3.63) is 70.3 Å². The van der Waals surface area contributed by atoms with Crippen LogP contribution in [0.1, 0.15) is 35.2 Å². The van der Waals surface area contributed by atoms with Crippen molar-refractivity contribution in [3.63, 3.8) is 0 Å². The van der Waals surface area contributed by atoms with Gasteiger partial charge in [-0.25, -0.2) is 8.78 Å². The molecule has 2 aromatic carbocycles. The Balaban J connectivity index is 2.41. The monoisotopic (exact) mass is 289 g/mol. The fraction of sp³-hybridized carbons (Fsp3) is 0.333. The summed E-state index contributed by atoms with van der Waals surface area (Å²) in [6.45, 7) is 6.66. The van der Waals surface area contributed by atoms with Crippen LogP contribution in [0.15, 0.2) is 36.4 Å². The second-order valence-corrected chi connectivity index (χ2v) is 5.32. The van der Waals surface area contributed by atoms with Gasteiger partial charge in [0.2, 0.25) is 0 Å². The molecular formula is C18H21F2N. The first-order valence-electron chi connectivity index (χ1n) is 7.27. The highest BCUT2D eigenvalue weighted by Gasteiger charge is 2.21. The van der Waals surface area contributed by atoms with Crippen molar-refractivity contribution in [2.75, 3.05) is 6.54 Å². The number of hydrogen-bond donors (Lipinski definition) is 1. The molecule has 0 spiro atoms. The molecule has 0 fully saturated rings. The normalized spacial score (nSPS) is 12.4. The third-order valence-electron chi connectivity index (χ3n) is 3.85. The summed E-state index contributed by atoms with van der Waals surface area (Å²) in [6, 6.07) is 9.72. The Morgan fingerprint density at radius 1 is 0.952 bits per heavy atom. The number of aryl methyl sites for hydroxylation is 2. The fourth-order valence-electron chi connectivity index (χ4n) is 2.74. The van der Waals surface area contributed by atoms with E-state index in [0.717, 1.165) is 16.7 Å². The topological polar surface area (TPSA) is 12.0 Å². The Labute approximate surface area is 125 Å². The summed E-state index contributed by atoms with van der Waals surface area (Å²) in [4.78, 5) is 0. The Hall–Kier alpha value is -1.74. The van der Waals surface area contributed by atoms with Gasteiger partial charge in [-0.2, -0.15) is 0 Å². The smallest absolute Gasteiger partial charge is 0.130 e. The van der Waals surface area contributed by atoms with Gasteiger partial charge in [0.05, 0.1) is 0 Å². The molecule has 0 aliphatic heterocycles. The van der Waals surface area contributed by atoms with E-state index < -0.39 is 11.6 Å². The molecule has 3 heteroatoms. The van der Waals surface area contributed by atoms with Gasteiger partial charge in [-0.1, -0.05) is 31.2 Å². The maximum Gasteiger partial charge on any atom is 0.130 e. The van der Waals surface area contributed by atoms with Gasteiger partial charge in [0, 0.05) is 11.6 Å². The van der Waals surface area contributed by atoms with Gasteiger partial charge < -0.3 is 5.32 Å². The molecule has 0 saturated heterocycles. The minimum atomic E-state index is -0.493. The quantitative estimate of drug-likeness (QED) is 0.856. The van der Waals surface area contributed by atoms with Crippen molar-refractivity contribution in [2.24, 2.45) is 0 Å². The van der Waals surface area contributed by atoms with Crippen LogP contribution in [0, 0.1) is 25.5 Å². The van der Waals surface area contributed by atoms with E-state index in [9.17, 15) is 8.78 Å². The summed E-state index contributed by atoms with van der Waals surface area (Å²) in [5.74, 6) is -0.987. The summed E-state index contributed by atoms with van der Waals surface area (Å²) < 4.78 is 28.1. The molecule has 0 bridgehead atoms. The van der Waals surface area contributed by atoms with Gasteiger partial charge in [-0.3, -0.25) is 0 Å². The first-order valence-corrected chi connectivity index (χ1v) is 7.27. The molecule has 0 amide bonds. The number of rotatable bonds is 5. The predicted molar refractivity (Wildman–Crippen MR) is 82.4 cm³/mol. The SMILES string of the molecule is CCNC(Cc1c(C)cccc1C)c1c(F)cccc1F. The van der Waals surface area contributed by atoms with E-state index in [0.29, 0.717) is 13.0 Å². The molecule has 0 heterocycles. The predicted octanol–water partition coefficient (Wildman–Crippen LogP) is 4.47. The molecule has 1 unspecified atom stereocenters. The fourth-order valence-corrected chi connectivity index (χ4v) is 2.74. The molecule has 0 aliphatic rings. The maximum atomic E-state index is 14.0. The summed E-state index contributed by atoms with van der Waals surface area (Å²) in [6.07, 6.45) is 0.574. The molecule has 0 aromatic heterocycles. The highest BCUT2D eigenvalue weighted by atomic mass is 19.1. The van der Waals surface area contributed by atoms with Crippen LogP contribution in [0.2, 0.25) is 0 Å². The molecule has 2 rings (SSSR count). The average molecular weight is 289 g/mol. The van der Waals surface area contributed by atoms with Crippen molar-refractivity contribution in [1.29, 1.82) is 0 Å². The first kappa shape index (κ1) is 15.6. The minimum Gasteiger partial charge on any atom is -0.310 e. The summed E-state index contributed by atoms with van der Waals surface area (Å²) in [5, 5.41) is 3.20. The van der Waals surface area contributed by atoms with Crippen LogP contribution < -0.4 is 5.32 Å². The molecule has 0 radical (unpaired) electrons. The average Bonchev–Trinajstić information content (AvgIpc) is 2.42. The Bertz CT molecular complexity index is 582. The van der Waals surface area contributed by atoms with Gasteiger partial charge in [-0.05, 0) is 55.6 Å². The van der Waals surface area contributed by atoms with Crippen LogP contribution >= 0.6 is 0 Å². The van der Waals surface area contributed by atoms with Crippen LogP contribution in [0.4, 0.5) is 8.78 Å². The van der Waals surface area contributed by atoms with Gasteiger partial charge in [0.15, 0.2) is 0 Å². The number of hydrogen-bond acceptors (Lipinski definition) is 1. The molecule has 0 aliphatic carbocycles. The summed E-state index contributed by atoms with van der Waals surface area (Å²) in [7, 11) is 0. The highest BCUT2D eigenvalue weighted by Crippen LogP contribution is 2.26. The van der Waals surface area contributed by atoms with Crippen molar-refractivity contribution in [1.82, 2.24) is 5.32 Å². The van der Waals surface area contributed by atoms with E-state index in [1.807, 2.05) is 39.0 Å². The molecule has 1 N–H and O–H groups in total. The van der Waals surface area contributed by atoms with Crippen molar-refractivity contribution in [3.8, 4) is 0 Å². The summed E-state index contributed by atoms with van der Waals surface area (Å²) in [5.41, 5.74) is 3.57. The van der Waals surface area contributed by atoms with E-state index in [1.165, 1.54) is 18.2 Å². The van der Waals surface area contributed by atoms with E-state index in [1.54, 1.807) is 0 Å².